The monoisotopic (exact) mass is 308 g/mol. The van der Waals surface area contributed by atoms with E-state index in [4.69, 9.17) is 4.74 Å². The van der Waals surface area contributed by atoms with Gasteiger partial charge in [0.25, 0.3) is 5.56 Å². The molecule has 0 amide bonds. The molecule has 0 aliphatic carbocycles. The number of para-hydroxylation sites is 1. The minimum Gasteiger partial charge on any atom is -0.497 e. The Morgan fingerprint density at radius 3 is 2.65 bits per heavy atom. The molecule has 0 unspecified atom stereocenters. The number of benzene rings is 2. The predicted molar refractivity (Wildman–Crippen MR) is 91.2 cm³/mol. The molecule has 116 valence electrons. The van der Waals surface area contributed by atoms with Gasteiger partial charge in [0.2, 0.25) is 5.95 Å². The van der Waals surface area contributed by atoms with Crippen LogP contribution in [0.25, 0.3) is 10.9 Å². The van der Waals surface area contributed by atoms with E-state index < -0.39 is 0 Å². The first-order valence-electron chi connectivity index (χ1n) is 7.08. The number of aromatic nitrogens is 2. The van der Waals surface area contributed by atoms with Gasteiger partial charge in [-0.05, 0) is 42.0 Å². The third-order valence-electron chi connectivity index (χ3n) is 3.48. The van der Waals surface area contributed by atoms with Crippen molar-refractivity contribution in [1.29, 1.82) is 0 Å². The van der Waals surface area contributed by atoms with E-state index in [1.54, 1.807) is 32.5 Å². The van der Waals surface area contributed by atoms with Crippen LogP contribution in [0.2, 0.25) is 0 Å². The summed E-state index contributed by atoms with van der Waals surface area (Å²) in [5.74, 6) is 1.17. The zero-order chi connectivity index (χ0) is 16.2. The molecule has 6 heteroatoms. The van der Waals surface area contributed by atoms with E-state index in [1.807, 2.05) is 36.4 Å². The molecule has 0 spiro atoms. The summed E-state index contributed by atoms with van der Waals surface area (Å²) in [4.78, 5) is 16.7. The molecule has 6 nitrogen and oxygen atoms in total. The lowest BCUT2D eigenvalue weighted by molar-refractivity contribution is 0.415. The smallest absolute Gasteiger partial charge is 0.262 e. The Bertz CT molecular complexity index is 914. The van der Waals surface area contributed by atoms with Gasteiger partial charge in [-0.25, -0.2) is 10.4 Å². The van der Waals surface area contributed by atoms with Crippen molar-refractivity contribution in [3.8, 4) is 5.75 Å². The van der Waals surface area contributed by atoms with Gasteiger partial charge in [-0.2, -0.15) is 5.10 Å². The lowest BCUT2D eigenvalue weighted by Gasteiger charge is -2.07. The lowest BCUT2D eigenvalue weighted by atomic mass is 10.2. The molecule has 0 aliphatic rings. The maximum absolute atomic E-state index is 12.3. The van der Waals surface area contributed by atoms with Gasteiger partial charge < -0.3 is 4.74 Å². The van der Waals surface area contributed by atoms with Crippen LogP contribution in [0.1, 0.15) is 5.56 Å². The van der Waals surface area contributed by atoms with Crippen molar-refractivity contribution in [1.82, 2.24) is 9.55 Å². The van der Waals surface area contributed by atoms with Crippen molar-refractivity contribution in [3.63, 3.8) is 0 Å². The standard InChI is InChI=1S/C17H16N4O2/c1-21-16(22)14-5-3-4-6-15(14)19-17(21)20-18-11-12-7-9-13(23-2)10-8-12/h3-11H,1-2H3,(H,19,20)/b18-11-. The number of rotatable bonds is 4. The highest BCUT2D eigenvalue weighted by molar-refractivity contribution is 5.81. The molecule has 1 aromatic heterocycles. The van der Waals surface area contributed by atoms with Crippen LogP contribution in [0.5, 0.6) is 5.75 Å². The summed E-state index contributed by atoms with van der Waals surface area (Å²) >= 11 is 0. The van der Waals surface area contributed by atoms with Gasteiger partial charge >= 0.3 is 0 Å². The number of nitrogens with zero attached hydrogens (tertiary/aromatic N) is 3. The van der Waals surface area contributed by atoms with Crippen molar-refractivity contribution < 1.29 is 4.74 Å². The van der Waals surface area contributed by atoms with Crippen molar-refractivity contribution in [2.45, 2.75) is 0 Å². The van der Waals surface area contributed by atoms with Gasteiger partial charge in [-0.3, -0.25) is 9.36 Å². The third kappa shape index (κ3) is 3.06. The predicted octanol–water partition coefficient (Wildman–Crippen LogP) is 2.39. The van der Waals surface area contributed by atoms with Crippen LogP contribution in [0, 0.1) is 0 Å². The highest BCUT2D eigenvalue weighted by Crippen LogP contribution is 2.11. The van der Waals surface area contributed by atoms with E-state index in [9.17, 15) is 4.79 Å². The van der Waals surface area contributed by atoms with Crippen LogP contribution < -0.4 is 15.7 Å². The molecule has 0 saturated carbocycles. The molecule has 1 heterocycles. The van der Waals surface area contributed by atoms with Crippen LogP contribution in [-0.4, -0.2) is 22.9 Å². The van der Waals surface area contributed by atoms with Crippen LogP contribution in [0.3, 0.4) is 0 Å². The molecule has 2 aromatic carbocycles. The first-order valence-corrected chi connectivity index (χ1v) is 7.08. The molecule has 0 aliphatic heterocycles. The first-order chi connectivity index (χ1) is 11.2. The van der Waals surface area contributed by atoms with Crippen LogP contribution >= 0.6 is 0 Å². The topological polar surface area (TPSA) is 68.5 Å². The molecule has 0 atom stereocenters. The average Bonchev–Trinajstić information content (AvgIpc) is 2.60. The Labute approximate surface area is 133 Å². The molecular weight excluding hydrogens is 292 g/mol. The van der Waals surface area contributed by atoms with Gasteiger partial charge in [0.05, 0.1) is 24.2 Å². The highest BCUT2D eigenvalue weighted by Gasteiger charge is 2.06. The van der Waals surface area contributed by atoms with Crippen LogP contribution in [0.4, 0.5) is 5.95 Å². The number of hydrazone groups is 1. The zero-order valence-corrected chi connectivity index (χ0v) is 12.9. The fourth-order valence-corrected chi connectivity index (χ4v) is 2.17. The maximum Gasteiger partial charge on any atom is 0.262 e. The van der Waals surface area contributed by atoms with Gasteiger partial charge in [-0.15, -0.1) is 0 Å². The minimum absolute atomic E-state index is 0.113. The lowest BCUT2D eigenvalue weighted by Crippen LogP contribution is -2.21. The summed E-state index contributed by atoms with van der Waals surface area (Å²) in [5, 5.41) is 4.72. The van der Waals surface area contributed by atoms with Crippen molar-refractivity contribution in [3.05, 3.63) is 64.4 Å². The summed E-state index contributed by atoms with van der Waals surface area (Å²) in [6.45, 7) is 0. The number of fused-ring (bicyclic) bond motifs is 1. The number of nitrogens with one attached hydrogen (secondary N) is 1. The van der Waals surface area contributed by atoms with E-state index >= 15 is 0 Å². The number of ether oxygens (including phenoxy) is 1. The second-order valence-electron chi connectivity index (χ2n) is 4.96. The van der Waals surface area contributed by atoms with Crippen LogP contribution in [0.15, 0.2) is 58.4 Å². The Kier molecular flexibility index (Phi) is 4.05. The van der Waals surface area contributed by atoms with Crippen molar-refractivity contribution in [2.24, 2.45) is 12.1 Å². The summed E-state index contributed by atoms with van der Waals surface area (Å²) in [5.41, 5.74) is 4.24. The Hall–Kier alpha value is -3.15. The quantitative estimate of drug-likeness (QED) is 0.593. The molecule has 0 radical (unpaired) electrons. The fraction of sp³-hybridized carbons (Fsp3) is 0.118. The van der Waals surface area contributed by atoms with E-state index in [0.29, 0.717) is 16.9 Å². The van der Waals surface area contributed by atoms with E-state index in [0.717, 1.165) is 11.3 Å². The molecule has 0 bridgehead atoms. The summed E-state index contributed by atoms with van der Waals surface area (Å²) in [6.07, 6.45) is 1.65. The molecule has 1 N–H and O–H groups in total. The largest absolute Gasteiger partial charge is 0.497 e. The van der Waals surface area contributed by atoms with E-state index in [-0.39, 0.29) is 5.56 Å². The highest BCUT2D eigenvalue weighted by atomic mass is 16.5. The number of anilines is 1. The number of hydrogen-bond donors (Lipinski definition) is 1. The maximum atomic E-state index is 12.3. The molecule has 3 rings (SSSR count). The zero-order valence-electron chi connectivity index (χ0n) is 12.9. The molecular formula is C17H16N4O2. The normalized spacial score (nSPS) is 11.0. The van der Waals surface area contributed by atoms with Gasteiger partial charge in [-0.1, -0.05) is 12.1 Å². The van der Waals surface area contributed by atoms with Crippen molar-refractivity contribution >= 4 is 23.1 Å². The Morgan fingerprint density at radius 2 is 1.91 bits per heavy atom. The first kappa shape index (κ1) is 14.8. The van der Waals surface area contributed by atoms with Gasteiger partial charge in [0.15, 0.2) is 0 Å². The van der Waals surface area contributed by atoms with Gasteiger partial charge in [0, 0.05) is 7.05 Å². The second-order valence-corrected chi connectivity index (χ2v) is 4.96. The summed E-state index contributed by atoms with van der Waals surface area (Å²) < 4.78 is 6.54. The SMILES string of the molecule is COc1ccc(/C=N\Nc2nc3ccccc3c(=O)n2C)cc1. The van der Waals surface area contributed by atoms with E-state index in [2.05, 4.69) is 15.5 Å². The second kappa shape index (κ2) is 6.31. The molecule has 0 fully saturated rings. The molecule has 23 heavy (non-hydrogen) atoms. The Balaban J connectivity index is 1.85. The fourth-order valence-electron chi connectivity index (χ4n) is 2.17. The summed E-state index contributed by atoms with van der Waals surface area (Å²) in [6, 6.07) is 14.7. The molecule has 3 aromatic rings. The minimum atomic E-state index is -0.113. The van der Waals surface area contributed by atoms with Crippen LogP contribution in [-0.2, 0) is 7.05 Å². The van der Waals surface area contributed by atoms with E-state index in [1.165, 1.54) is 4.57 Å². The third-order valence-corrected chi connectivity index (χ3v) is 3.48. The number of hydrogen-bond acceptors (Lipinski definition) is 5. The number of methoxy groups -OCH3 is 1. The average molecular weight is 308 g/mol. The summed E-state index contributed by atoms with van der Waals surface area (Å²) in [7, 11) is 3.28. The molecule has 0 saturated heterocycles. The van der Waals surface area contributed by atoms with Crippen molar-refractivity contribution in [2.75, 3.05) is 12.5 Å². The Morgan fingerprint density at radius 1 is 1.17 bits per heavy atom. The van der Waals surface area contributed by atoms with Gasteiger partial charge in [0.1, 0.15) is 5.75 Å².